The summed E-state index contributed by atoms with van der Waals surface area (Å²) in [7, 11) is 0. The molecular weight excluding hydrogens is 182 g/mol. The maximum atomic E-state index is 11.2. The number of amides is 1. The molecule has 0 bridgehead atoms. The van der Waals surface area contributed by atoms with E-state index in [2.05, 4.69) is 5.32 Å². The largest absolute Gasteiger partial charge is 0.395 e. The lowest BCUT2D eigenvalue weighted by Crippen LogP contribution is -2.24. The number of aliphatic hydroxyl groups excluding tert-OH is 1. The zero-order chi connectivity index (χ0) is 11.0. The summed E-state index contributed by atoms with van der Waals surface area (Å²) in [5, 5.41) is 10.8. The minimum absolute atomic E-state index is 0.0445. The Kier molecular flexibility index (Phi) is 6.66. The molecule has 4 heteroatoms. The zero-order valence-corrected chi connectivity index (χ0v) is 8.62. The van der Waals surface area contributed by atoms with E-state index in [0.717, 1.165) is 6.42 Å². The van der Waals surface area contributed by atoms with Crippen molar-refractivity contribution in [2.24, 2.45) is 5.92 Å². The Bertz CT molecular complexity index is 223. The first-order valence-electron chi connectivity index (χ1n) is 4.72. The molecule has 1 unspecified atom stereocenters. The molecule has 1 amide bonds. The molecule has 4 nitrogen and oxygen atoms in total. The standard InChI is InChI=1S/C10H17NO3/c1-3-8(2)9(13)4-5-10(14)11-6-7-12/h4-5,8,12H,3,6-7H2,1-2H3,(H,11,14)/b5-4+. The molecule has 0 aromatic rings. The minimum atomic E-state index is -0.351. The van der Waals surface area contributed by atoms with Crippen molar-refractivity contribution in [1.82, 2.24) is 5.32 Å². The van der Waals surface area contributed by atoms with Gasteiger partial charge in [0, 0.05) is 18.5 Å². The fourth-order valence-corrected chi connectivity index (χ4v) is 0.761. The Hall–Kier alpha value is -1.16. The van der Waals surface area contributed by atoms with Gasteiger partial charge in [-0.3, -0.25) is 9.59 Å². The van der Waals surface area contributed by atoms with Gasteiger partial charge in [0.1, 0.15) is 0 Å². The summed E-state index contributed by atoms with van der Waals surface area (Å²) in [6, 6.07) is 0. The second-order valence-electron chi connectivity index (χ2n) is 3.06. The van der Waals surface area contributed by atoms with E-state index in [9.17, 15) is 9.59 Å². The van der Waals surface area contributed by atoms with E-state index in [1.807, 2.05) is 13.8 Å². The van der Waals surface area contributed by atoms with Crippen LogP contribution in [-0.4, -0.2) is 29.9 Å². The highest BCUT2D eigenvalue weighted by molar-refractivity contribution is 5.98. The summed E-state index contributed by atoms with van der Waals surface area (Å²) in [6.45, 7) is 3.85. The Balaban J connectivity index is 3.91. The Labute approximate surface area is 84.0 Å². The van der Waals surface area contributed by atoms with Gasteiger partial charge in [0.15, 0.2) is 5.78 Å². The molecule has 0 spiro atoms. The second-order valence-corrected chi connectivity index (χ2v) is 3.06. The maximum absolute atomic E-state index is 11.2. The first-order chi connectivity index (χ1) is 6.61. The quantitative estimate of drug-likeness (QED) is 0.603. The van der Waals surface area contributed by atoms with Crippen LogP contribution >= 0.6 is 0 Å². The fraction of sp³-hybridized carbons (Fsp3) is 0.600. The molecule has 0 fully saturated rings. The van der Waals surface area contributed by atoms with Crippen molar-refractivity contribution in [3.05, 3.63) is 12.2 Å². The first-order valence-corrected chi connectivity index (χ1v) is 4.72. The molecule has 0 saturated carbocycles. The Morgan fingerprint density at radius 1 is 1.43 bits per heavy atom. The molecule has 1 atom stereocenters. The van der Waals surface area contributed by atoms with Gasteiger partial charge in [-0.2, -0.15) is 0 Å². The van der Waals surface area contributed by atoms with Crippen LogP contribution in [0.25, 0.3) is 0 Å². The summed E-state index contributed by atoms with van der Waals surface area (Å²) >= 11 is 0. The molecule has 0 aliphatic carbocycles. The van der Waals surface area contributed by atoms with Crippen molar-refractivity contribution in [3.8, 4) is 0 Å². The van der Waals surface area contributed by atoms with Gasteiger partial charge < -0.3 is 10.4 Å². The van der Waals surface area contributed by atoms with Gasteiger partial charge >= 0.3 is 0 Å². The predicted molar refractivity (Wildman–Crippen MR) is 53.7 cm³/mol. The molecule has 0 rings (SSSR count). The van der Waals surface area contributed by atoms with Crippen LogP contribution in [0.2, 0.25) is 0 Å². The number of hydrogen-bond acceptors (Lipinski definition) is 3. The van der Waals surface area contributed by atoms with Crippen molar-refractivity contribution >= 4 is 11.7 Å². The van der Waals surface area contributed by atoms with Crippen LogP contribution < -0.4 is 5.32 Å². The van der Waals surface area contributed by atoms with Gasteiger partial charge in [-0.05, 0) is 12.5 Å². The molecule has 0 saturated heterocycles. The highest BCUT2D eigenvalue weighted by Crippen LogP contribution is 2.02. The summed E-state index contributed by atoms with van der Waals surface area (Å²) in [6.07, 6.45) is 3.24. The van der Waals surface area contributed by atoms with Gasteiger partial charge in [0.05, 0.1) is 6.61 Å². The van der Waals surface area contributed by atoms with Crippen molar-refractivity contribution in [1.29, 1.82) is 0 Å². The molecule has 80 valence electrons. The normalized spacial score (nSPS) is 12.8. The van der Waals surface area contributed by atoms with E-state index in [1.54, 1.807) is 0 Å². The van der Waals surface area contributed by atoms with Gasteiger partial charge in [-0.1, -0.05) is 13.8 Å². The van der Waals surface area contributed by atoms with Gasteiger partial charge in [-0.25, -0.2) is 0 Å². The molecule has 0 heterocycles. The lowest BCUT2D eigenvalue weighted by molar-refractivity contribution is -0.119. The van der Waals surface area contributed by atoms with Gasteiger partial charge in [-0.15, -0.1) is 0 Å². The molecule has 0 radical (unpaired) electrons. The van der Waals surface area contributed by atoms with Crippen molar-refractivity contribution in [3.63, 3.8) is 0 Å². The number of carbonyl (C=O) groups is 2. The predicted octanol–water partition coefficient (Wildman–Crippen LogP) is 0.266. The van der Waals surface area contributed by atoms with Crippen LogP contribution in [0, 0.1) is 5.92 Å². The maximum Gasteiger partial charge on any atom is 0.244 e. The van der Waals surface area contributed by atoms with Crippen molar-refractivity contribution in [2.45, 2.75) is 20.3 Å². The number of aliphatic hydroxyl groups is 1. The summed E-state index contributed by atoms with van der Waals surface area (Å²) < 4.78 is 0. The van der Waals surface area contributed by atoms with Crippen LogP contribution in [-0.2, 0) is 9.59 Å². The minimum Gasteiger partial charge on any atom is -0.395 e. The average molecular weight is 199 g/mol. The van der Waals surface area contributed by atoms with E-state index in [-0.39, 0.29) is 30.8 Å². The van der Waals surface area contributed by atoms with E-state index < -0.39 is 0 Å². The van der Waals surface area contributed by atoms with E-state index in [0.29, 0.717) is 0 Å². The molecular formula is C10H17NO3. The van der Waals surface area contributed by atoms with Crippen molar-refractivity contribution < 1.29 is 14.7 Å². The molecule has 0 aromatic carbocycles. The molecule has 0 aliphatic rings. The van der Waals surface area contributed by atoms with Gasteiger partial charge in [0.2, 0.25) is 5.91 Å². The summed E-state index contributed by atoms with van der Waals surface area (Å²) in [5.41, 5.74) is 0. The smallest absolute Gasteiger partial charge is 0.244 e. The third-order valence-electron chi connectivity index (χ3n) is 1.91. The summed E-state index contributed by atoms with van der Waals surface area (Å²) in [5.74, 6) is -0.445. The van der Waals surface area contributed by atoms with Crippen LogP contribution in [0.4, 0.5) is 0 Å². The third kappa shape index (κ3) is 5.48. The molecule has 0 aromatic heterocycles. The number of allylic oxidation sites excluding steroid dienone is 1. The second kappa shape index (κ2) is 7.26. The highest BCUT2D eigenvalue weighted by atomic mass is 16.3. The van der Waals surface area contributed by atoms with Crippen LogP contribution in [0.15, 0.2) is 12.2 Å². The number of ketones is 1. The van der Waals surface area contributed by atoms with Crippen LogP contribution in [0.1, 0.15) is 20.3 Å². The zero-order valence-electron chi connectivity index (χ0n) is 8.62. The van der Waals surface area contributed by atoms with E-state index in [1.165, 1.54) is 12.2 Å². The lowest BCUT2D eigenvalue weighted by Gasteiger charge is -2.01. The topological polar surface area (TPSA) is 66.4 Å². The average Bonchev–Trinajstić information content (AvgIpc) is 2.21. The number of rotatable bonds is 6. The molecule has 0 aliphatic heterocycles. The third-order valence-corrected chi connectivity index (χ3v) is 1.91. The number of nitrogens with one attached hydrogen (secondary N) is 1. The fourth-order valence-electron chi connectivity index (χ4n) is 0.761. The van der Waals surface area contributed by atoms with E-state index >= 15 is 0 Å². The monoisotopic (exact) mass is 199 g/mol. The first kappa shape index (κ1) is 12.8. The molecule has 14 heavy (non-hydrogen) atoms. The highest BCUT2D eigenvalue weighted by Gasteiger charge is 2.06. The lowest BCUT2D eigenvalue weighted by atomic mass is 10.0. The Morgan fingerprint density at radius 2 is 2.07 bits per heavy atom. The Morgan fingerprint density at radius 3 is 2.57 bits per heavy atom. The number of hydrogen-bond donors (Lipinski definition) is 2. The van der Waals surface area contributed by atoms with E-state index in [4.69, 9.17) is 5.11 Å². The van der Waals surface area contributed by atoms with Crippen molar-refractivity contribution in [2.75, 3.05) is 13.2 Å². The SMILES string of the molecule is CCC(C)C(=O)/C=C/C(=O)NCCO. The molecule has 2 N–H and O–H groups in total. The van der Waals surface area contributed by atoms with Crippen LogP contribution in [0.5, 0.6) is 0 Å². The number of carbonyl (C=O) groups excluding carboxylic acids is 2. The van der Waals surface area contributed by atoms with Gasteiger partial charge in [0.25, 0.3) is 0 Å². The van der Waals surface area contributed by atoms with Crippen LogP contribution in [0.3, 0.4) is 0 Å². The summed E-state index contributed by atoms with van der Waals surface area (Å²) in [4.78, 5) is 22.2.